The third-order valence-corrected chi connectivity index (χ3v) is 6.65. The van der Waals surface area contributed by atoms with Crippen LogP contribution >= 0.6 is 0 Å². The van der Waals surface area contributed by atoms with Crippen LogP contribution in [0.4, 0.5) is 0 Å². The van der Waals surface area contributed by atoms with Gasteiger partial charge in [0.1, 0.15) is 11.2 Å². The average Bonchev–Trinajstić information content (AvgIpc) is 3.25. The Kier molecular flexibility index (Phi) is 4.55. The molecule has 2 aliphatic heterocycles. The van der Waals surface area contributed by atoms with E-state index in [0.29, 0.717) is 12.2 Å². The molecule has 3 aliphatic rings. The van der Waals surface area contributed by atoms with E-state index in [1.54, 1.807) is 0 Å². The zero-order valence-corrected chi connectivity index (χ0v) is 15.6. The highest BCUT2D eigenvalue weighted by atomic mass is 16.3. The highest BCUT2D eigenvalue weighted by Gasteiger charge is 2.54. The number of carbonyl (C=O) groups excluding carboxylic acids is 2. The quantitative estimate of drug-likeness (QED) is 0.877. The Morgan fingerprint density at radius 3 is 2.50 bits per heavy atom. The lowest BCUT2D eigenvalue weighted by Crippen LogP contribution is -2.63. The second-order valence-corrected chi connectivity index (χ2v) is 8.16. The minimum atomic E-state index is -0.657. The molecule has 3 heterocycles. The molecule has 4 rings (SSSR count). The van der Waals surface area contributed by atoms with E-state index in [0.717, 1.165) is 57.9 Å². The molecule has 3 fully saturated rings. The van der Waals surface area contributed by atoms with Crippen molar-refractivity contribution in [3.8, 4) is 0 Å². The van der Waals surface area contributed by atoms with Crippen LogP contribution in [0.5, 0.6) is 0 Å². The molecule has 1 unspecified atom stereocenters. The Balaban J connectivity index is 1.58. The minimum absolute atomic E-state index is 0.0238. The monoisotopic (exact) mass is 359 g/mol. The lowest BCUT2D eigenvalue weighted by molar-refractivity contribution is -0.149. The van der Waals surface area contributed by atoms with Gasteiger partial charge in [0.25, 0.3) is 5.91 Å². The van der Waals surface area contributed by atoms with Crippen molar-refractivity contribution in [1.29, 1.82) is 0 Å². The Labute approximate surface area is 154 Å². The van der Waals surface area contributed by atoms with Gasteiger partial charge in [-0.3, -0.25) is 9.59 Å². The highest BCUT2D eigenvalue weighted by Crippen LogP contribution is 2.41. The maximum absolute atomic E-state index is 13.6. The molecule has 6 nitrogen and oxygen atoms in total. The zero-order valence-electron chi connectivity index (χ0n) is 15.6. The Morgan fingerprint density at radius 2 is 1.85 bits per heavy atom. The minimum Gasteiger partial charge on any atom is -0.393 e. The molecule has 1 aromatic heterocycles. The number of hydrogen-bond acceptors (Lipinski definition) is 3. The molecule has 2 saturated heterocycles. The van der Waals surface area contributed by atoms with E-state index in [4.69, 9.17) is 0 Å². The molecule has 2 amide bonds. The SMILES string of the molecule is Cn1cccc1C(=O)N1CCCC12CCCN(C1CCC(O)CC1)C2=O. The summed E-state index contributed by atoms with van der Waals surface area (Å²) in [6.45, 7) is 1.44. The van der Waals surface area contributed by atoms with Crippen LogP contribution in [-0.4, -0.2) is 62.1 Å². The highest BCUT2D eigenvalue weighted by molar-refractivity contribution is 5.99. The number of likely N-dealkylation sites (tertiary alicyclic amines) is 2. The van der Waals surface area contributed by atoms with Crippen LogP contribution in [-0.2, 0) is 11.8 Å². The van der Waals surface area contributed by atoms with Crippen molar-refractivity contribution in [2.45, 2.75) is 69.1 Å². The van der Waals surface area contributed by atoms with Gasteiger partial charge in [0.2, 0.25) is 5.91 Å². The van der Waals surface area contributed by atoms with Crippen molar-refractivity contribution < 1.29 is 14.7 Å². The van der Waals surface area contributed by atoms with Crippen molar-refractivity contribution in [2.75, 3.05) is 13.1 Å². The van der Waals surface area contributed by atoms with E-state index in [-0.39, 0.29) is 24.0 Å². The molecular weight excluding hydrogens is 330 g/mol. The summed E-state index contributed by atoms with van der Waals surface area (Å²) in [5.41, 5.74) is -0.00709. The largest absolute Gasteiger partial charge is 0.393 e. The van der Waals surface area contributed by atoms with Crippen molar-refractivity contribution in [1.82, 2.24) is 14.4 Å². The average molecular weight is 359 g/mol. The van der Waals surface area contributed by atoms with E-state index >= 15 is 0 Å². The molecule has 0 radical (unpaired) electrons. The van der Waals surface area contributed by atoms with Crippen LogP contribution in [0, 0.1) is 0 Å². The van der Waals surface area contributed by atoms with Crippen LogP contribution < -0.4 is 0 Å². The van der Waals surface area contributed by atoms with Gasteiger partial charge in [-0.1, -0.05) is 0 Å². The molecule has 142 valence electrons. The first-order valence-corrected chi connectivity index (χ1v) is 9.95. The fourth-order valence-electron chi connectivity index (χ4n) is 5.21. The fourth-order valence-corrected chi connectivity index (χ4v) is 5.21. The first kappa shape index (κ1) is 17.6. The maximum atomic E-state index is 13.6. The lowest BCUT2D eigenvalue weighted by Gasteiger charge is -2.48. The van der Waals surface area contributed by atoms with Gasteiger partial charge in [-0.25, -0.2) is 0 Å². The smallest absolute Gasteiger partial charge is 0.271 e. The zero-order chi connectivity index (χ0) is 18.3. The van der Waals surface area contributed by atoms with E-state index in [1.807, 2.05) is 39.7 Å². The third-order valence-electron chi connectivity index (χ3n) is 6.65. The molecule has 1 N–H and O–H groups in total. The summed E-state index contributed by atoms with van der Waals surface area (Å²) in [5, 5.41) is 9.78. The number of carbonyl (C=O) groups is 2. The number of amides is 2. The fraction of sp³-hybridized carbons (Fsp3) is 0.700. The van der Waals surface area contributed by atoms with Crippen LogP contribution in [0.1, 0.15) is 61.9 Å². The van der Waals surface area contributed by atoms with Crippen molar-refractivity contribution >= 4 is 11.8 Å². The Morgan fingerprint density at radius 1 is 1.15 bits per heavy atom. The molecule has 1 atom stereocenters. The van der Waals surface area contributed by atoms with Crippen molar-refractivity contribution in [2.24, 2.45) is 7.05 Å². The second-order valence-electron chi connectivity index (χ2n) is 8.16. The van der Waals surface area contributed by atoms with Gasteiger partial charge in [0.15, 0.2) is 0 Å². The number of aromatic nitrogens is 1. The van der Waals surface area contributed by atoms with Crippen molar-refractivity contribution in [3.63, 3.8) is 0 Å². The molecule has 0 aromatic carbocycles. The molecular formula is C20H29N3O3. The van der Waals surface area contributed by atoms with Gasteiger partial charge in [-0.2, -0.15) is 0 Å². The molecule has 1 saturated carbocycles. The van der Waals surface area contributed by atoms with E-state index in [1.165, 1.54) is 0 Å². The number of hydrogen-bond donors (Lipinski definition) is 1. The summed E-state index contributed by atoms with van der Waals surface area (Å²) < 4.78 is 1.84. The van der Waals surface area contributed by atoms with E-state index in [9.17, 15) is 14.7 Å². The summed E-state index contributed by atoms with van der Waals surface area (Å²) in [5.74, 6) is 0.120. The topological polar surface area (TPSA) is 65.8 Å². The number of aryl methyl sites for hydroxylation is 1. The number of piperidine rings is 1. The molecule has 0 bridgehead atoms. The van der Waals surface area contributed by atoms with Gasteiger partial charge in [0, 0.05) is 32.4 Å². The van der Waals surface area contributed by atoms with Crippen LogP contribution in [0.25, 0.3) is 0 Å². The van der Waals surface area contributed by atoms with Crippen LogP contribution in [0.3, 0.4) is 0 Å². The van der Waals surface area contributed by atoms with Crippen LogP contribution in [0.2, 0.25) is 0 Å². The first-order chi connectivity index (χ1) is 12.5. The van der Waals surface area contributed by atoms with E-state index in [2.05, 4.69) is 0 Å². The normalized spacial score (nSPS) is 32.5. The maximum Gasteiger partial charge on any atom is 0.271 e. The van der Waals surface area contributed by atoms with Crippen LogP contribution in [0.15, 0.2) is 18.3 Å². The Hall–Kier alpha value is -1.82. The molecule has 6 heteroatoms. The second kappa shape index (κ2) is 6.72. The number of aliphatic hydroxyl groups excluding tert-OH is 1. The molecule has 1 aliphatic carbocycles. The third kappa shape index (κ3) is 2.75. The number of nitrogens with zero attached hydrogens (tertiary/aromatic N) is 3. The van der Waals surface area contributed by atoms with Gasteiger partial charge in [0.05, 0.1) is 6.10 Å². The summed E-state index contributed by atoms with van der Waals surface area (Å²) in [6, 6.07) is 3.93. The van der Waals surface area contributed by atoms with Crippen molar-refractivity contribution in [3.05, 3.63) is 24.0 Å². The first-order valence-electron chi connectivity index (χ1n) is 9.95. The molecule has 1 aromatic rings. The van der Waals surface area contributed by atoms with E-state index < -0.39 is 5.54 Å². The predicted octanol–water partition coefficient (Wildman–Crippen LogP) is 1.93. The van der Waals surface area contributed by atoms with Gasteiger partial charge in [-0.15, -0.1) is 0 Å². The number of rotatable bonds is 2. The van der Waals surface area contributed by atoms with Gasteiger partial charge >= 0.3 is 0 Å². The Bertz CT molecular complexity index is 692. The summed E-state index contributed by atoms with van der Waals surface area (Å²) in [6.07, 6.45) is 8.31. The molecule has 26 heavy (non-hydrogen) atoms. The van der Waals surface area contributed by atoms with Gasteiger partial charge in [-0.05, 0) is 63.5 Å². The summed E-state index contributed by atoms with van der Waals surface area (Å²) in [7, 11) is 1.87. The standard InChI is InChI=1S/C20H29N3O3/c1-21-12-2-5-17(21)18(25)23-14-4-11-20(23)10-3-13-22(19(20)26)15-6-8-16(24)9-7-15/h2,5,12,15-16,24H,3-4,6-11,13-14H2,1H3. The lowest BCUT2D eigenvalue weighted by atomic mass is 9.82. The summed E-state index contributed by atoms with van der Waals surface area (Å²) in [4.78, 5) is 30.6. The summed E-state index contributed by atoms with van der Waals surface area (Å²) >= 11 is 0. The molecule has 1 spiro atoms. The van der Waals surface area contributed by atoms with Gasteiger partial charge < -0.3 is 19.5 Å². The number of aliphatic hydroxyl groups is 1. The predicted molar refractivity (Wildman–Crippen MR) is 97.6 cm³/mol.